The van der Waals surface area contributed by atoms with E-state index in [-0.39, 0.29) is 0 Å². The predicted octanol–water partition coefficient (Wildman–Crippen LogP) is 2.40. The van der Waals surface area contributed by atoms with Crippen LogP contribution in [0.1, 0.15) is 5.56 Å². The standard InChI is InChI=1S/C12H14N2/c1-13-7-2-3-10-4-5-12-11(9-10)6-8-14-12/h2-6,8-9,13-14H,7H2,1H3. The molecule has 0 aliphatic heterocycles. The van der Waals surface area contributed by atoms with Crippen LogP contribution in [0, 0.1) is 0 Å². The molecule has 0 aliphatic rings. The van der Waals surface area contributed by atoms with Gasteiger partial charge in [0.05, 0.1) is 0 Å². The number of hydrogen-bond acceptors (Lipinski definition) is 1. The van der Waals surface area contributed by atoms with Crippen molar-refractivity contribution in [3.8, 4) is 0 Å². The average molecular weight is 186 g/mol. The van der Waals surface area contributed by atoms with Crippen LogP contribution < -0.4 is 5.32 Å². The Balaban J connectivity index is 2.25. The second kappa shape index (κ2) is 4.11. The van der Waals surface area contributed by atoms with Crippen LogP contribution in [0.15, 0.2) is 36.5 Å². The van der Waals surface area contributed by atoms with Crippen molar-refractivity contribution in [3.63, 3.8) is 0 Å². The fraction of sp³-hybridized carbons (Fsp3) is 0.167. The van der Waals surface area contributed by atoms with Crippen LogP contribution >= 0.6 is 0 Å². The normalized spacial score (nSPS) is 11.5. The highest BCUT2D eigenvalue weighted by Gasteiger charge is 1.93. The maximum Gasteiger partial charge on any atom is 0.0454 e. The number of nitrogens with one attached hydrogen (secondary N) is 2. The Kier molecular flexibility index (Phi) is 2.65. The molecule has 2 heteroatoms. The van der Waals surface area contributed by atoms with Crippen LogP contribution in [0.4, 0.5) is 0 Å². The molecule has 1 aromatic heterocycles. The molecule has 2 rings (SSSR count). The van der Waals surface area contributed by atoms with Crippen molar-refractivity contribution in [2.24, 2.45) is 0 Å². The van der Waals surface area contributed by atoms with Gasteiger partial charge in [-0.2, -0.15) is 0 Å². The number of H-pyrrole nitrogens is 1. The largest absolute Gasteiger partial charge is 0.361 e. The van der Waals surface area contributed by atoms with E-state index in [0.29, 0.717) is 0 Å². The van der Waals surface area contributed by atoms with Crippen LogP contribution in [0.5, 0.6) is 0 Å². The highest BCUT2D eigenvalue weighted by atomic mass is 14.8. The minimum atomic E-state index is 0.908. The molecule has 72 valence electrons. The van der Waals surface area contributed by atoms with E-state index in [1.165, 1.54) is 16.5 Å². The molecule has 0 unspecified atom stereocenters. The van der Waals surface area contributed by atoms with Gasteiger partial charge in [-0.1, -0.05) is 18.2 Å². The maximum absolute atomic E-state index is 3.18. The maximum atomic E-state index is 3.18. The van der Waals surface area contributed by atoms with Crippen molar-refractivity contribution in [2.75, 3.05) is 13.6 Å². The first kappa shape index (κ1) is 9.03. The molecule has 0 fully saturated rings. The van der Waals surface area contributed by atoms with E-state index < -0.39 is 0 Å². The molecule has 0 amide bonds. The molecule has 2 N–H and O–H groups in total. The Morgan fingerprint density at radius 3 is 3.14 bits per heavy atom. The van der Waals surface area contributed by atoms with Gasteiger partial charge in [-0.05, 0) is 36.2 Å². The van der Waals surface area contributed by atoms with Crippen molar-refractivity contribution in [3.05, 3.63) is 42.1 Å². The monoisotopic (exact) mass is 186 g/mol. The summed E-state index contributed by atoms with van der Waals surface area (Å²) in [7, 11) is 1.94. The van der Waals surface area contributed by atoms with Gasteiger partial charge in [-0.15, -0.1) is 0 Å². The molecule has 1 aromatic carbocycles. The number of hydrogen-bond donors (Lipinski definition) is 2. The number of aromatic amines is 1. The van der Waals surface area contributed by atoms with Gasteiger partial charge in [0.1, 0.15) is 0 Å². The lowest BCUT2D eigenvalue weighted by atomic mass is 10.1. The summed E-state index contributed by atoms with van der Waals surface area (Å²) < 4.78 is 0. The molecule has 0 spiro atoms. The van der Waals surface area contributed by atoms with Crippen molar-refractivity contribution >= 4 is 17.0 Å². The lowest BCUT2D eigenvalue weighted by Crippen LogP contribution is -2.03. The van der Waals surface area contributed by atoms with E-state index in [9.17, 15) is 0 Å². The molecular formula is C12H14N2. The first-order chi connectivity index (χ1) is 6.90. The minimum Gasteiger partial charge on any atom is -0.361 e. The Morgan fingerprint density at radius 1 is 1.36 bits per heavy atom. The molecule has 1 heterocycles. The summed E-state index contributed by atoms with van der Waals surface area (Å²) >= 11 is 0. The molecule has 14 heavy (non-hydrogen) atoms. The smallest absolute Gasteiger partial charge is 0.0454 e. The van der Waals surface area contributed by atoms with Gasteiger partial charge in [0, 0.05) is 18.3 Å². The zero-order chi connectivity index (χ0) is 9.80. The van der Waals surface area contributed by atoms with E-state index in [1.807, 2.05) is 13.2 Å². The van der Waals surface area contributed by atoms with Crippen LogP contribution in [0.2, 0.25) is 0 Å². The van der Waals surface area contributed by atoms with Gasteiger partial charge in [0.25, 0.3) is 0 Å². The molecule has 0 radical (unpaired) electrons. The quantitative estimate of drug-likeness (QED) is 0.757. The number of rotatable bonds is 3. The predicted molar refractivity (Wildman–Crippen MR) is 61.3 cm³/mol. The van der Waals surface area contributed by atoms with E-state index >= 15 is 0 Å². The van der Waals surface area contributed by atoms with Crippen LogP contribution in [0.3, 0.4) is 0 Å². The lowest BCUT2D eigenvalue weighted by Gasteiger charge is -1.94. The fourth-order valence-electron chi connectivity index (χ4n) is 1.49. The summed E-state index contributed by atoms with van der Waals surface area (Å²) in [6, 6.07) is 8.49. The summed E-state index contributed by atoms with van der Waals surface area (Å²) in [6.07, 6.45) is 6.21. The van der Waals surface area contributed by atoms with Gasteiger partial charge in [-0.25, -0.2) is 0 Å². The molecule has 0 saturated carbocycles. The Bertz CT molecular complexity index is 440. The highest BCUT2D eigenvalue weighted by molar-refractivity contribution is 5.81. The van der Waals surface area contributed by atoms with Crippen LogP contribution in [-0.2, 0) is 0 Å². The Labute approximate surface area is 83.6 Å². The zero-order valence-corrected chi connectivity index (χ0v) is 8.25. The first-order valence-corrected chi connectivity index (χ1v) is 4.78. The molecule has 2 nitrogen and oxygen atoms in total. The SMILES string of the molecule is CNCC=Cc1ccc2[nH]ccc2c1. The number of likely N-dealkylation sites (N-methyl/N-ethyl adjacent to an activating group) is 1. The molecule has 0 saturated heterocycles. The van der Waals surface area contributed by atoms with Crippen LogP contribution in [0.25, 0.3) is 17.0 Å². The average Bonchev–Trinajstić information content (AvgIpc) is 2.65. The first-order valence-electron chi connectivity index (χ1n) is 4.78. The van der Waals surface area contributed by atoms with E-state index in [0.717, 1.165) is 6.54 Å². The molecular weight excluding hydrogens is 172 g/mol. The van der Waals surface area contributed by atoms with E-state index in [4.69, 9.17) is 0 Å². The second-order valence-electron chi connectivity index (χ2n) is 3.28. The second-order valence-corrected chi connectivity index (χ2v) is 3.28. The minimum absolute atomic E-state index is 0.908. The van der Waals surface area contributed by atoms with Gasteiger partial charge < -0.3 is 10.3 Å². The van der Waals surface area contributed by atoms with E-state index in [1.54, 1.807) is 0 Å². The third kappa shape index (κ3) is 1.86. The van der Waals surface area contributed by atoms with Gasteiger partial charge in [0.15, 0.2) is 0 Å². The van der Waals surface area contributed by atoms with Crippen molar-refractivity contribution in [2.45, 2.75) is 0 Å². The van der Waals surface area contributed by atoms with Gasteiger partial charge in [-0.3, -0.25) is 0 Å². The zero-order valence-electron chi connectivity index (χ0n) is 8.25. The number of aromatic nitrogens is 1. The molecule has 0 aliphatic carbocycles. The van der Waals surface area contributed by atoms with E-state index in [2.05, 4.69) is 46.7 Å². The molecule has 0 bridgehead atoms. The molecule has 2 aromatic rings. The Morgan fingerprint density at radius 2 is 2.29 bits per heavy atom. The topological polar surface area (TPSA) is 27.8 Å². The van der Waals surface area contributed by atoms with Crippen molar-refractivity contribution in [1.29, 1.82) is 0 Å². The number of benzene rings is 1. The summed E-state index contributed by atoms with van der Waals surface area (Å²) in [5.41, 5.74) is 2.43. The summed E-state index contributed by atoms with van der Waals surface area (Å²) in [4.78, 5) is 3.18. The lowest BCUT2D eigenvalue weighted by molar-refractivity contribution is 0.922. The summed E-state index contributed by atoms with van der Waals surface area (Å²) in [5.74, 6) is 0. The van der Waals surface area contributed by atoms with Crippen molar-refractivity contribution < 1.29 is 0 Å². The van der Waals surface area contributed by atoms with Gasteiger partial charge >= 0.3 is 0 Å². The fourth-order valence-corrected chi connectivity index (χ4v) is 1.49. The number of fused-ring (bicyclic) bond motifs is 1. The van der Waals surface area contributed by atoms with Crippen LogP contribution in [-0.4, -0.2) is 18.6 Å². The summed E-state index contributed by atoms with van der Waals surface area (Å²) in [6.45, 7) is 0.908. The third-order valence-electron chi connectivity index (χ3n) is 2.21. The molecule has 0 atom stereocenters. The summed E-state index contributed by atoms with van der Waals surface area (Å²) in [5, 5.41) is 4.34. The van der Waals surface area contributed by atoms with Crippen molar-refractivity contribution in [1.82, 2.24) is 10.3 Å². The van der Waals surface area contributed by atoms with Gasteiger partial charge in [0.2, 0.25) is 0 Å². The Hall–Kier alpha value is -1.54. The highest BCUT2D eigenvalue weighted by Crippen LogP contribution is 2.14. The third-order valence-corrected chi connectivity index (χ3v) is 2.21.